The fourth-order valence-corrected chi connectivity index (χ4v) is 1.71. The number of carbonyl (C=O) groups is 1. The van der Waals surface area contributed by atoms with Gasteiger partial charge in [-0.1, -0.05) is 0 Å². The van der Waals surface area contributed by atoms with Crippen LogP contribution in [0.25, 0.3) is 0 Å². The van der Waals surface area contributed by atoms with Crippen molar-refractivity contribution in [2.24, 2.45) is 5.73 Å². The lowest BCUT2D eigenvalue weighted by atomic mass is 10.2. The molecule has 0 aliphatic rings. The summed E-state index contributed by atoms with van der Waals surface area (Å²) in [5.74, 6) is -0.0995. The number of carbonyl (C=O) groups excluding carboxylic acids is 1. The highest BCUT2D eigenvalue weighted by Gasteiger charge is 2.05. The number of nitrogens with two attached hydrogens (primary N) is 1. The number of amides is 1. The Morgan fingerprint density at radius 3 is 3.05 bits per heavy atom. The first kappa shape index (κ1) is 13.2. The summed E-state index contributed by atoms with van der Waals surface area (Å²) in [5, 5.41) is 6.96. The van der Waals surface area contributed by atoms with Crippen LogP contribution in [0.4, 0.5) is 0 Å². The van der Waals surface area contributed by atoms with E-state index in [2.05, 4.69) is 15.4 Å². The maximum absolute atomic E-state index is 11.9. The average Bonchev–Trinajstić information content (AvgIpc) is 2.96. The summed E-state index contributed by atoms with van der Waals surface area (Å²) in [4.78, 5) is 15.9. The molecule has 2 aromatic heterocycles. The zero-order valence-electron chi connectivity index (χ0n) is 10.6. The second-order valence-corrected chi connectivity index (χ2v) is 4.12. The number of hydrogen-bond acceptors (Lipinski definition) is 4. The van der Waals surface area contributed by atoms with E-state index in [0.717, 1.165) is 13.0 Å². The molecule has 0 atom stereocenters. The predicted octanol–water partition coefficient (Wildman–Crippen LogP) is 0.557. The average molecular weight is 259 g/mol. The third-order valence-corrected chi connectivity index (χ3v) is 2.70. The number of hydrogen-bond donors (Lipinski definition) is 2. The molecule has 100 valence electrons. The van der Waals surface area contributed by atoms with Crippen LogP contribution in [0.2, 0.25) is 0 Å². The van der Waals surface area contributed by atoms with Gasteiger partial charge in [0.1, 0.15) is 0 Å². The van der Waals surface area contributed by atoms with Crippen molar-refractivity contribution in [3.05, 3.63) is 48.0 Å². The first-order valence-electron chi connectivity index (χ1n) is 6.20. The van der Waals surface area contributed by atoms with Gasteiger partial charge in [0.05, 0.1) is 5.69 Å². The Bertz CT molecular complexity index is 524. The molecule has 0 aliphatic carbocycles. The highest BCUT2D eigenvalue weighted by atomic mass is 16.1. The molecule has 19 heavy (non-hydrogen) atoms. The first-order valence-corrected chi connectivity index (χ1v) is 6.20. The number of rotatable bonds is 6. The molecule has 0 unspecified atom stereocenters. The van der Waals surface area contributed by atoms with Gasteiger partial charge in [-0.3, -0.25) is 14.5 Å². The minimum absolute atomic E-state index is 0.0995. The summed E-state index contributed by atoms with van der Waals surface area (Å²) in [7, 11) is 0. The third-order valence-electron chi connectivity index (χ3n) is 2.70. The van der Waals surface area contributed by atoms with E-state index >= 15 is 0 Å². The standard InChI is InChI=1S/C13H17N5O/c14-10-12-9-11(3-6-15-12)13(19)16-4-1-7-18-8-2-5-17-18/h2-3,5-6,8-9H,1,4,7,10,14H2,(H,16,19). The van der Waals surface area contributed by atoms with Crippen molar-refractivity contribution < 1.29 is 4.79 Å². The van der Waals surface area contributed by atoms with E-state index in [0.29, 0.717) is 24.3 Å². The Kier molecular flexibility index (Phi) is 4.63. The van der Waals surface area contributed by atoms with E-state index in [-0.39, 0.29) is 5.91 Å². The number of aryl methyl sites for hydroxylation is 1. The van der Waals surface area contributed by atoms with Crippen molar-refractivity contribution >= 4 is 5.91 Å². The molecule has 0 fully saturated rings. The lowest BCUT2D eigenvalue weighted by Gasteiger charge is -2.06. The number of pyridine rings is 1. The minimum Gasteiger partial charge on any atom is -0.352 e. The fraction of sp³-hybridized carbons (Fsp3) is 0.308. The molecular formula is C13H17N5O. The van der Waals surface area contributed by atoms with E-state index < -0.39 is 0 Å². The highest BCUT2D eigenvalue weighted by Crippen LogP contribution is 2.01. The van der Waals surface area contributed by atoms with Gasteiger partial charge >= 0.3 is 0 Å². The second-order valence-electron chi connectivity index (χ2n) is 4.12. The molecule has 0 aromatic carbocycles. The highest BCUT2D eigenvalue weighted by molar-refractivity contribution is 5.94. The van der Waals surface area contributed by atoms with Crippen LogP contribution in [-0.2, 0) is 13.1 Å². The summed E-state index contributed by atoms with van der Waals surface area (Å²) in [6.07, 6.45) is 6.07. The summed E-state index contributed by atoms with van der Waals surface area (Å²) in [6.45, 7) is 1.73. The van der Waals surface area contributed by atoms with E-state index in [1.807, 2.05) is 16.9 Å². The van der Waals surface area contributed by atoms with Crippen molar-refractivity contribution in [1.29, 1.82) is 0 Å². The quantitative estimate of drug-likeness (QED) is 0.742. The van der Waals surface area contributed by atoms with Crippen molar-refractivity contribution in [3.8, 4) is 0 Å². The van der Waals surface area contributed by atoms with Crippen LogP contribution >= 0.6 is 0 Å². The van der Waals surface area contributed by atoms with Gasteiger partial charge in [-0.05, 0) is 24.6 Å². The molecule has 3 N–H and O–H groups in total. The topological polar surface area (TPSA) is 85.8 Å². The van der Waals surface area contributed by atoms with Crippen molar-refractivity contribution in [3.63, 3.8) is 0 Å². The molecule has 6 heteroatoms. The van der Waals surface area contributed by atoms with Crippen molar-refractivity contribution in [1.82, 2.24) is 20.1 Å². The maximum atomic E-state index is 11.9. The molecule has 0 saturated carbocycles. The number of aromatic nitrogens is 3. The van der Waals surface area contributed by atoms with Crippen LogP contribution in [0.1, 0.15) is 22.5 Å². The molecule has 2 heterocycles. The van der Waals surface area contributed by atoms with Crippen LogP contribution < -0.4 is 11.1 Å². The molecule has 0 spiro atoms. The summed E-state index contributed by atoms with van der Waals surface area (Å²) < 4.78 is 1.84. The normalized spacial score (nSPS) is 10.4. The number of nitrogens with zero attached hydrogens (tertiary/aromatic N) is 3. The molecule has 2 rings (SSSR count). The van der Waals surface area contributed by atoms with E-state index in [1.54, 1.807) is 24.5 Å². The predicted molar refractivity (Wildman–Crippen MR) is 71.3 cm³/mol. The molecule has 6 nitrogen and oxygen atoms in total. The zero-order valence-corrected chi connectivity index (χ0v) is 10.6. The van der Waals surface area contributed by atoms with E-state index in [1.165, 1.54) is 0 Å². The maximum Gasteiger partial charge on any atom is 0.251 e. The summed E-state index contributed by atoms with van der Waals surface area (Å²) in [6, 6.07) is 5.27. The number of nitrogens with one attached hydrogen (secondary N) is 1. The third kappa shape index (κ3) is 3.89. The Morgan fingerprint density at radius 2 is 2.32 bits per heavy atom. The molecule has 0 radical (unpaired) electrons. The Morgan fingerprint density at radius 1 is 1.42 bits per heavy atom. The fourth-order valence-electron chi connectivity index (χ4n) is 1.71. The van der Waals surface area contributed by atoms with Crippen LogP contribution in [0.3, 0.4) is 0 Å². The monoisotopic (exact) mass is 259 g/mol. The van der Waals surface area contributed by atoms with E-state index in [4.69, 9.17) is 5.73 Å². The SMILES string of the molecule is NCc1cc(C(=O)NCCCn2cccn2)ccn1. The van der Waals surface area contributed by atoms with Crippen LogP contribution in [-0.4, -0.2) is 27.2 Å². The van der Waals surface area contributed by atoms with Gasteiger partial charge in [-0.15, -0.1) is 0 Å². The van der Waals surface area contributed by atoms with Gasteiger partial charge < -0.3 is 11.1 Å². The molecular weight excluding hydrogens is 242 g/mol. The van der Waals surface area contributed by atoms with Crippen LogP contribution in [0, 0.1) is 0 Å². The summed E-state index contributed by atoms with van der Waals surface area (Å²) in [5.41, 5.74) is 6.80. The van der Waals surface area contributed by atoms with Gasteiger partial charge in [-0.2, -0.15) is 5.10 Å². The lowest BCUT2D eigenvalue weighted by molar-refractivity contribution is 0.0952. The van der Waals surface area contributed by atoms with Crippen molar-refractivity contribution in [2.75, 3.05) is 6.54 Å². The Hall–Kier alpha value is -2.21. The van der Waals surface area contributed by atoms with Gasteiger partial charge in [0.25, 0.3) is 5.91 Å². The summed E-state index contributed by atoms with van der Waals surface area (Å²) >= 11 is 0. The Labute approximate surface area is 111 Å². The van der Waals surface area contributed by atoms with Crippen LogP contribution in [0.15, 0.2) is 36.8 Å². The van der Waals surface area contributed by atoms with Crippen molar-refractivity contribution in [2.45, 2.75) is 19.5 Å². The molecule has 1 amide bonds. The van der Waals surface area contributed by atoms with E-state index in [9.17, 15) is 4.79 Å². The molecule has 0 saturated heterocycles. The first-order chi connectivity index (χ1) is 9.29. The minimum atomic E-state index is -0.0995. The van der Waals surface area contributed by atoms with Gasteiger partial charge in [-0.25, -0.2) is 0 Å². The van der Waals surface area contributed by atoms with Gasteiger partial charge in [0, 0.05) is 43.8 Å². The molecule has 2 aromatic rings. The Balaban J connectivity index is 1.77. The van der Waals surface area contributed by atoms with Gasteiger partial charge in [0.15, 0.2) is 0 Å². The van der Waals surface area contributed by atoms with Gasteiger partial charge in [0.2, 0.25) is 0 Å². The zero-order chi connectivity index (χ0) is 13.5. The molecule has 0 bridgehead atoms. The molecule has 0 aliphatic heterocycles. The largest absolute Gasteiger partial charge is 0.352 e. The second kappa shape index (κ2) is 6.65. The lowest BCUT2D eigenvalue weighted by Crippen LogP contribution is -2.25. The smallest absolute Gasteiger partial charge is 0.251 e. The van der Waals surface area contributed by atoms with Crippen LogP contribution in [0.5, 0.6) is 0 Å².